The first kappa shape index (κ1) is 19.6. The maximum absolute atomic E-state index is 12.6. The fourth-order valence-electron chi connectivity index (χ4n) is 3.01. The van der Waals surface area contributed by atoms with E-state index in [1.807, 2.05) is 50.2 Å². The molecule has 6 heteroatoms. The van der Waals surface area contributed by atoms with Gasteiger partial charge in [-0.2, -0.15) is 0 Å². The quantitative estimate of drug-likeness (QED) is 0.641. The van der Waals surface area contributed by atoms with Crippen LogP contribution < -0.4 is 5.32 Å². The van der Waals surface area contributed by atoms with Crippen LogP contribution in [0.1, 0.15) is 34.2 Å². The minimum atomic E-state index is -0.989. The average Bonchev–Trinajstić information content (AvgIpc) is 3.03. The first-order chi connectivity index (χ1) is 13.4. The fourth-order valence-corrected chi connectivity index (χ4v) is 3.01. The van der Waals surface area contributed by atoms with E-state index in [1.54, 1.807) is 6.07 Å². The van der Waals surface area contributed by atoms with Crippen LogP contribution in [0.25, 0.3) is 11.0 Å². The maximum Gasteiger partial charge on any atom is 0.375 e. The van der Waals surface area contributed by atoms with E-state index >= 15 is 0 Å². The molecule has 0 fully saturated rings. The Kier molecular flexibility index (Phi) is 5.80. The highest BCUT2D eigenvalue weighted by Crippen LogP contribution is 2.27. The summed E-state index contributed by atoms with van der Waals surface area (Å²) in [4.78, 5) is 25.1. The number of benzene rings is 2. The van der Waals surface area contributed by atoms with Crippen molar-refractivity contribution in [3.8, 4) is 0 Å². The number of methoxy groups -OCH3 is 1. The lowest BCUT2D eigenvalue weighted by Gasteiger charge is -2.14. The molecule has 1 amide bonds. The third-order valence-corrected chi connectivity index (χ3v) is 4.47. The molecule has 1 heterocycles. The molecule has 2 aromatic carbocycles. The summed E-state index contributed by atoms with van der Waals surface area (Å²) in [5.41, 5.74) is 3.89. The van der Waals surface area contributed by atoms with Gasteiger partial charge < -0.3 is 19.2 Å². The summed E-state index contributed by atoms with van der Waals surface area (Å²) in [6, 6.07) is 13.0. The van der Waals surface area contributed by atoms with Crippen molar-refractivity contribution in [2.75, 3.05) is 12.4 Å². The monoisotopic (exact) mass is 381 g/mol. The highest BCUT2D eigenvalue weighted by Gasteiger charge is 2.26. The molecular formula is C22H23NO5. The number of anilines is 1. The number of carbonyl (C=O) groups excluding carboxylic acids is 2. The molecule has 28 heavy (non-hydrogen) atoms. The highest BCUT2D eigenvalue weighted by atomic mass is 16.6. The zero-order valence-corrected chi connectivity index (χ0v) is 16.4. The van der Waals surface area contributed by atoms with Gasteiger partial charge in [-0.05, 0) is 38.5 Å². The molecule has 3 aromatic rings. The summed E-state index contributed by atoms with van der Waals surface area (Å²) < 4.78 is 16.2. The number of ether oxygens (including phenoxy) is 2. The summed E-state index contributed by atoms with van der Waals surface area (Å²) >= 11 is 0. The Morgan fingerprint density at radius 1 is 1.14 bits per heavy atom. The molecule has 146 valence electrons. The number of nitrogens with one attached hydrogen (secondary N) is 1. The minimum absolute atomic E-state index is 0.0502. The molecule has 0 aliphatic heterocycles. The maximum atomic E-state index is 12.6. The van der Waals surface area contributed by atoms with Crippen molar-refractivity contribution < 1.29 is 23.5 Å². The van der Waals surface area contributed by atoms with Gasteiger partial charge in [0.1, 0.15) is 5.58 Å². The van der Waals surface area contributed by atoms with E-state index in [9.17, 15) is 9.59 Å². The van der Waals surface area contributed by atoms with Gasteiger partial charge in [-0.1, -0.05) is 35.9 Å². The summed E-state index contributed by atoms with van der Waals surface area (Å²) in [5, 5.41) is 3.57. The zero-order chi connectivity index (χ0) is 20.3. The van der Waals surface area contributed by atoms with Crippen LogP contribution in [-0.4, -0.2) is 25.1 Å². The smallest absolute Gasteiger partial charge is 0.375 e. The lowest BCUT2D eigenvalue weighted by Crippen LogP contribution is -2.30. The van der Waals surface area contributed by atoms with E-state index in [2.05, 4.69) is 5.32 Å². The van der Waals surface area contributed by atoms with Gasteiger partial charge in [0, 0.05) is 23.7 Å². The van der Waals surface area contributed by atoms with E-state index in [1.165, 1.54) is 14.0 Å². The Labute approximate surface area is 163 Å². The summed E-state index contributed by atoms with van der Waals surface area (Å²) in [6.07, 6.45) is -0.989. The third kappa shape index (κ3) is 4.07. The summed E-state index contributed by atoms with van der Waals surface area (Å²) in [6.45, 7) is 5.61. The predicted molar refractivity (Wildman–Crippen MR) is 106 cm³/mol. The van der Waals surface area contributed by atoms with Gasteiger partial charge in [-0.15, -0.1) is 0 Å². The van der Waals surface area contributed by atoms with Gasteiger partial charge in [-0.25, -0.2) is 4.79 Å². The van der Waals surface area contributed by atoms with Crippen LogP contribution in [0, 0.1) is 13.8 Å². The number of aryl methyl sites for hydroxylation is 2. The van der Waals surface area contributed by atoms with Crippen LogP contribution in [0.5, 0.6) is 0 Å². The topological polar surface area (TPSA) is 77.8 Å². The molecule has 0 unspecified atom stereocenters. The second-order valence-corrected chi connectivity index (χ2v) is 6.69. The summed E-state index contributed by atoms with van der Waals surface area (Å²) in [7, 11) is 1.54. The van der Waals surface area contributed by atoms with E-state index in [0.717, 1.165) is 16.5 Å². The van der Waals surface area contributed by atoms with Crippen LogP contribution in [0.15, 0.2) is 46.9 Å². The van der Waals surface area contributed by atoms with Crippen LogP contribution in [0.4, 0.5) is 5.69 Å². The molecule has 1 aromatic heterocycles. The number of amides is 1. The highest BCUT2D eigenvalue weighted by molar-refractivity contribution is 5.99. The van der Waals surface area contributed by atoms with Crippen molar-refractivity contribution in [2.45, 2.75) is 33.5 Å². The number of carbonyl (C=O) groups is 2. The molecule has 0 saturated carbocycles. The normalized spacial score (nSPS) is 12.0. The van der Waals surface area contributed by atoms with Gasteiger partial charge in [0.2, 0.25) is 5.76 Å². The van der Waals surface area contributed by atoms with Gasteiger partial charge >= 0.3 is 5.97 Å². The Balaban J connectivity index is 1.76. The molecule has 0 aliphatic rings. The van der Waals surface area contributed by atoms with Crippen LogP contribution in [-0.2, 0) is 20.9 Å². The zero-order valence-electron chi connectivity index (χ0n) is 16.4. The molecule has 0 bridgehead atoms. The fraction of sp³-hybridized carbons (Fsp3) is 0.273. The van der Waals surface area contributed by atoms with Gasteiger partial charge in [0.25, 0.3) is 5.91 Å². The molecule has 0 radical (unpaired) electrons. The van der Waals surface area contributed by atoms with Crippen molar-refractivity contribution in [1.82, 2.24) is 0 Å². The Bertz CT molecular complexity index is 1020. The Morgan fingerprint density at radius 2 is 1.89 bits per heavy atom. The lowest BCUT2D eigenvalue weighted by atomic mass is 10.1. The number of fused-ring (bicyclic) bond motifs is 1. The SMILES string of the molecule is COCc1c(C(=O)O[C@@H](C)C(=O)Nc2ccc(C)cc2C)oc2ccccc12. The average molecular weight is 381 g/mol. The molecule has 0 aliphatic carbocycles. The number of para-hydroxylation sites is 1. The molecule has 3 rings (SSSR count). The lowest BCUT2D eigenvalue weighted by molar-refractivity contribution is -0.123. The second kappa shape index (κ2) is 8.27. The molecular weight excluding hydrogens is 358 g/mol. The van der Waals surface area contributed by atoms with Crippen molar-refractivity contribution in [3.63, 3.8) is 0 Å². The van der Waals surface area contributed by atoms with E-state index in [4.69, 9.17) is 13.9 Å². The van der Waals surface area contributed by atoms with E-state index in [0.29, 0.717) is 16.8 Å². The van der Waals surface area contributed by atoms with Gasteiger partial charge in [-0.3, -0.25) is 4.79 Å². The predicted octanol–water partition coefficient (Wildman–Crippen LogP) is 4.38. The van der Waals surface area contributed by atoms with Crippen molar-refractivity contribution >= 4 is 28.5 Å². The van der Waals surface area contributed by atoms with Crippen molar-refractivity contribution in [3.05, 3.63) is 64.9 Å². The molecule has 1 atom stereocenters. The third-order valence-electron chi connectivity index (χ3n) is 4.47. The Hall–Kier alpha value is -3.12. The standard InChI is InChI=1S/C22H23NO5/c1-13-9-10-18(14(2)11-13)23-21(24)15(3)27-22(25)20-17(12-26-4)16-7-5-6-8-19(16)28-20/h5-11,15H,12H2,1-4H3,(H,23,24)/t15-/m0/s1. The van der Waals surface area contributed by atoms with Crippen LogP contribution in [0.3, 0.4) is 0 Å². The number of hydrogen-bond donors (Lipinski definition) is 1. The Morgan fingerprint density at radius 3 is 2.61 bits per heavy atom. The van der Waals surface area contributed by atoms with E-state index in [-0.39, 0.29) is 12.4 Å². The molecule has 6 nitrogen and oxygen atoms in total. The second-order valence-electron chi connectivity index (χ2n) is 6.69. The van der Waals surface area contributed by atoms with Crippen molar-refractivity contribution in [2.24, 2.45) is 0 Å². The first-order valence-corrected chi connectivity index (χ1v) is 8.99. The summed E-state index contributed by atoms with van der Waals surface area (Å²) in [5.74, 6) is -1.06. The number of furan rings is 1. The van der Waals surface area contributed by atoms with Crippen LogP contribution >= 0.6 is 0 Å². The molecule has 0 spiro atoms. The number of rotatable bonds is 6. The van der Waals surface area contributed by atoms with Crippen molar-refractivity contribution in [1.29, 1.82) is 0 Å². The minimum Gasteiger partial charge on any atom is -0.449 e. The molecule has 0 saturated heterocycles. The number of hydrogen-bond acceptors (Lipinski definition) is 5. The first-order valence-electron chi connectivity index (χ1n) is 8.99. The van der Waals surface area contributed by atoms with Crippen LogP contribution in [0.2, 0.25) is 0 Å². The number of esters is 1. The van der Waals surface area contributed by atoms with Gasteiger partial charge in [0.15, 0.2) is 6.10 Å². The van der Waals surface area contributed by atoms with E-state index < -0.39 is 18.0 Å². The molecule has 1 N–H and O–H groups in total. The largest absolute Gasteiger partial charge is 0.449 e. The van der Waals surface area contributed by atoms with Gasteiger partial charge in [0.05, 0.1) is 6.61 Å².